The number of para-hydroxylation sites is 1. The maximum Gasteiger partial charge on any atom is 0.195 e. The van der Waals surface area contributed by atoms with E-state index >= 15 is 0 Å². The fourth-order valence-electron chi connectivity index (χ4n) is 6.00. The molecule has 0 N–H and O–H groups in total. The van der Waals surface area contributed by atoms with Crippen molar-refractivity contribution < 1.29 is 36.6 Å². The van der Waals surface area contributed by atoms with Crippen molar-refractivity contribution in [2.75, 3.05) is 13.7 Å². The number of hydrogen-bond acceptors (Lipinski definition) is 4. The Bertz CT molecular complexity index is 1550. The number of rotatable bonds is 12. The topological polar surface area (TPSA) is 52.6 Å². The lowest BCUT2D eigenvalue weighted by Crippen LogP contribution is -2.15. The fraction of sp³-hybridized carbons (Fsp3) is 0.314. The normalized spacial score (nSPS) is 17.9. The average Bonchev–Trinajstić information content (AvgIpc) is 3.66. The highest BCUT2D eigenvalue weighted by Crippen LogP contribution is 2.49. The van der Waals surface area contributed by atoms with E-state index in [0.717, 1.165) is 25.7 Å². The van der Waals surface area contributed by atoms with Gasteiger partial charge in [0.15, 0.2) is 23.1 Å². The first-order valence-corrected chi connectivity index (χ1v) is 14.4. The van der Waals surface area contributed by atoms with Crippen molar-refractivity contribution >= 4 is 11.6 Å². The van der Waals surface area contributed by atoms with E-state index in [1.165, 1.54) is 31.2 Å². The molecule has 0 radical (unpaired) electrons. The molecule has 0 amide bonds. The number of ether oxygens (including phenoxy) is 2. The van der Waals surface area contributed by atoms with Gasteiger partial charge in [-0.3, -0.25) is 9.59 Å². The van der Waals surface area contributed by atoms with E-state index in [2.05, 4.69) is 6.08 Å². The monoisotopic (exact) mass is 592 g/mol. The molecule has 5 rings (SSSR count). The van der Waals surface area contributed by atoms with Gasteiger partial charge in [0.25, 0.3) is 0 Å². The van der Waals surface area contributed by atoms with Crippen LogP contribution in [0.15, 0.2) is 77.9 Å². The molecular formula is C35H32F4O4. The van der Waals surface area contributed by atoms with Crippen molar-refractivity contribution in [1.82, 2.24) is 0 Å². The van der Waals surface area contributed by atoms with Crippen LogP contribution in [-0.4, -0.2) is 25.3 Å². The summed E-state index contributed by atoms with van der Waals surface area (Å²) in [6.45, 7) is -0.157. The Kier molecular flexibility index (Phi) is 9.43. The van der Waals surface area contributed by atoms with Gasteiger partial charge in [0.1, 0.15) is 29.9 Å². The molecule has 0 spiro atoms. The van der Waals surface area contributed by atoms with Crippen molar-refractivity contribution in [3.05, 3.63) is 118 Å². The van der Waals surface area contributed by atoms with Gasteiger partial charge in [-0.2, -0.15) is 0 Å². The number of halogens is 4. The molecule has 2 aliphatic carbocycles. The van der Waals surface area contributed by atoms with Gasteiger partial charge in [-0.25, -0.2) is 17.6 Å². The summed E-state index contributed by atoms with van der Waals surface area (Å²) >= 11 is 0. The van der Waals surface area contributed by atoms with E-state index < -0.39 is 40.5 Å². The Morgan fingerprint density at radius 3 is 2.37 bits per heavy atom. The van der Waals surface area contributed by atoms with Crippen LogP contribution in [0.5, 0.6) is 11.5 Å². The third-order valence-electron chi connectivity index (χ3n) is 8.11. The Hall–Kier alpha value is -4.20. The van der Waals surface area contributed by atoms with E-state index in [0.29, 0.717) is 41.9 Å². The highest BCUT2D eigenvalue weighted by Gasteiger charge is 2.37. The van der Waals surface area contributed by atoms with Crippen LogP contribution in [0.25, 0.3) is 0 Å². The second-order valence-corrected chi connectivity index (χ2v) is 11.0. The number of methoxy groups -OCH3 is 1. The zero-order valence-electron chi connectivity index (χ0n) is 23.8. The van der Waals surface area contributed by atoms with Gasteiger partial charge in [0.05, 0.1) is 12.7 Å². The quantitative estimate of drug-likeness (QED) is 0.120. The van der Waals surface area contributed by atoms with Crippen LogP contribution < -0.4 is 9.47 Å². The van der Waals surface area contributed by atoms with Crippen LogP contribution in [-0.2, 0) is 4.79 Å². The molecule has 224 valence electrons. The lowest BCUT2D eigenvalue weighted by atomic mass is 9.86. The summed E-state index contributed by atoms with van der Waals surface area (Å²) in [5.74, 6) is -5.65. The molecule has 2 atom stereocenters. The summed E-state index contributed by atoms with van der Waals surface area (Å²) in [7, 11) is 1.43. The Morgan fingerprint density at radius 1 is 0.953 bits per heavy atom. The molecule has 8 heteroatoms. The number of allylic oxidation sites excluding steroid dienone is 4. The predicted octanol–water partition coefficient (Wildman–Crippen LogP) is 8.56. The predicted molar refractivity (Wildman–Crippen MR) is 155 cm³/mol. The van der Waals surface area contributed by atoms with Crippen LogP contribution in [0.2, 0.25) is 0 Å². The van der Waals surface area contributed by atoms with Crippen LogP contribution >= 0.6 is 0 Å². The number of carbonyl (C=O) groups excluding carboxylic acids is 2. The number of ketones is 2. The molecule has 0 aromatic heterocycles. The first kappa shape index (κ1) is 30.3. The maximum atomic E-state index is 14.7. The Labute approximate surface area is 248 Å². The molecule has 2 aliphatic rings. The van der Waals surface area contributed by atoms with Crippen molar-refractivity contribution in [1.29, 1.82) is 0 Å². The lowest BCUT2D eigenvalue weighted by Gasteiger charge is -2.21. The second kappa shape index (κ2) is 13.4. The highest BCUT2D eigenvalue weighted by molar-refractivity contribution is 6.10. The molecule has 0 saturated heterocycles. The summed E-state index contributed by atoms with van der Waals surface area (Å²) in [5, 5.41) is 0. The van der Waals surface area contributed by atoms with Crippen LogP contribution in [0, 0.1) is 23.3 Å². The summed E-state index contributed by atoms with van der Waals surface area (Å²) in [6, 6.07) is 11.8. The number of benzene rings is 3. The minimum absolute atomic E-state index is 0.0543. The van der Waals surface area contributed by atoms with Gasteiger partial charge < -0.3 is 9.47 Å². The first-order chi connectivity index (χ1) is 20.7. The van der Waals surface area contributed by atoms with Crippen molar-refractivity contribution in [3.63, 3.8) is 0 Å². The van der Waals surface area contributed by atoms with E-state index in [9.17, 15) is 27.2 Å². The summed E-state index contributed by atoms with van der Waals surface area (Å²) in [5.41, 5.74) is 1.86. The van der Waals surface area contributed by atoms with E-state index in [1.54, 1.807) is 36.4 Å². The van der Waals surface area contributed by atoms with Gasteiger partial charge in [0.2, 0.25) is 0 Å². The molecule has 0 fully saturated rings. The number of Topliss-reactive ketones (excluding diaryl/α,β-unsaturated/α-hetero) is 2. The van der Waals surface area contributed by atoms with Gasteiger partial charge >= 0.3 is 0 Å². The molecular weight excluding hydrogens is 560 g/mol. The third-order valence-corrected chi connectivity index (χ3v) is 8.11. The SMILES string of the molecule is COc1c(OCC(=O)CCCC2=CCCC2)cccc1C1CC(c2ccc(F)cc2)C=C1C(=O)c1c(F)cc(F)cc1F. The maximum absolute atomic E-state index is 14.7. The first-order valence-electron chi connectivity index (χ1n) is 14.4. The minimum Gasteiger partial charge on any atom is -0.493 e. The van der Waals surface area contributed by atoms with Gasteiger partial charge in [0, 0.05) is 41.5 Å². The highest BCUT2D eigenvalue weighted by atomic mass is 19.1. The number of carbonyl (C=O) groups is 2. The molecule has 4 nitrogen and oxygen atoms in total. The summed E-state index contributed by atoms with van der Waals surface area (Å²) in [6.07, 6.45) is 9.58. The third kappa shape index (κ3) is 6.90. The summed E-state index contributed by atoms with van der Waals surface area (Å²) < 4.78 is 68.3. The minimum atomic E-state index is -1.31. The zero-order valence-corrected chi connectivity index (χ0v) is 23.8. The molecule has 43 heavy (non-hydrogen) atoms. The molecule has 0 heterocycles. The standard InChI is InChI=1S/C35H32F4O4/c1-42-35-27(10-5-11-32(35)43-20-26(40)9-4-8-21-6-2-3-7-21)28-16-23(22-12-14-24(36)15-13-22)17-29(28)34(41)33-30(38)18-25(37)19-31(33)39/h5-6,10-15,17-19,23,28H,2-4,7-9,16,20H2,1H3. The summed E-state index contributed by atoms with van der Waals surface area (Å²) in [4.78, 5) is 26.2. The van der Waals surface area contributed by atoms with Crippen molar-refractivity contribution in [2.24, 2.45) is 0 Å². The van der Waals surface area contributed by atoms with E-state index in [1.807, 2.05) is 0 Å². The van der Waals surface area contributed by atoms with Crippen molar-refractivity contribution in [2.45, 2.75) is 56.8 Å². The zero-order chi connectivity index (χ0) is 30.5. The van der Waals surface area contributed by atoms with Crippen LogP contribution in [0.1, 0.15) is 78.3 Å². The van der Waals surface area contributed by atoms with Crippen molar-refractivity contribution in [3.8, 4) is 11.5 Å². The molecule has 3 aromatic rings. The number of hydrogen-bond donors (Lipinski definition) is 0. The van der Waals surface area contributed by atoms with E-state index in [4.69, 9.17) is 9.47 Å². The molecule has 0 bridgehead atoms. The average molecular weight is 593 g/mol. The fourth-order valence-corrected chi connectivity index (χ4v) is 6.00. The smallest absolute Gasteiger partial charge is 0.195 e. The van der Waals surface area contributed by atoms with Gasteiger partial charge in [-0.05, 0) is 62.3 Å². The van der Waals surface area contributed by atoms with Gasteiger partial charge in [-0.15, -0.1) is 0 Å². The van der Waals surface area contributed by atoms with E-state index in [-0.39, 0.29) is 29.6 Å². The molecule has 0 aliphatic heterocycles. The lowest BCUT2D eigenvalue weighted by molar-refractivity contribution is -0.121. The Morgan fingerprint density at radius 2 is 1.70 bits per heavy atom. The Balaban J connectivity index is 1.41. The molecule has 2 unspecified atom stereocenters. The van der Waals surface area contributed by atoms with Crippen LogP contribution in [0.4, 0.5) is 17.6 Å². The molecule has 3 aromatic carbocycles. The second-order valence-electron chi connectivity index (χ2n) is 11.0. The molecule has 0 saturated carbocycles. The van der Waals surface area contributed by atoms with Gasteiger partial charge in [-0.1, -0.05) is 42.0 Å². The largest absolute Gasteiger partial charge is 0.493 e. The van der Waals surface area contributed by atoms with Crippen LogP contribution in [0.3, 0.4) is 0 Å².